The number of piperazine rings is 1. The molecule has 3 rings (SSSR count). The first kappa shape index (κ1) is 20.5. The molecule has 2 aromatic rings. The molecule has 1 aromatic heterocycles. The van der Waals surface area contributed by atoms with Gasteiger partial charge in [0.2, 0.25) is 5.95 Å². The number of hydrogen-bond acceptors (Lipinski definition) is 8. The van der Waals surface area contributed by atoms with Gasteiger partial charge in [0, 0.05) is 38.6 Å². The summed E-state index contributed by atoms with van der Waals surface area (Å²) >= 11 is 5.53. The highest BCUT2D eigenvalue weighted by atomic mass is 32.1. The van der Waals surface area contributed by atoms with Crippen molar-refractivity contribution in [2.24, 2.45) is 0 Å². The van der Waals surface area contributed by atoms with Crippen molar-refractivity contribution in [3.05, 3.63) is 47.8 Å². The van der Waals surface area contributed by atoms with Crippen molar-refractivity contribution in [2.45, 2.75) is 0 Å². The van der Waals surface area contributed by atoms with Gasteiger partial charge in [0.15, 0.2) is 5.11 Å². The molecule has 1 N–H and O–H groups in total. The molecular weight excluding hydrogens is 394 g/mol. The molecule has 0 radical (unpaired) electrons. The van der Waals surface area contributed by atoms with E-state index in [1.807, 2.05) is 4.90 Å². The van der Waals surface area contributed by atoms with Gasteiger partial charge in [-0.25, -0.2) is 19.6 Å². The van der Waals surface area contributed by atoms with Crippen LogP contribution in [0.1, 0.15) is 20.7 Å². The number of aromatic nitrogens is 2. The Morgan fingerprint density at radius 1 is 1.03 bits per heavy atom. The van der Waals surface area contributed by atoms with E-state index in [9.17, 15) is 9.59 Å². The Kier molecular flexibility index (Phi) is 6.55. The number of anilines is 2. The zero-order chi connectivity index (χ0) is 20.8. The van der Waals surface area contributed by atoms with Crippen molar-refractivity contribution in [1.82, 2.24) is 14.9 Å². The molecule has 1 aliphatic heterocycles. The molecule has 0 saturated carbocycles. The lowest BCUT2D eigenvalue weighted by atomic mass is 10.1. The van der Waals surface area contributed by atoms with Crippen molar-refractivity contribution in [3.63, 3.8) is 0 Å². The van der Waals surface area contributed by atoms with Crippen LogP contribution in [0.3, 0.4) is 0 Å². The van der Waals surface area contributed by atoms with Gasteiger partial charge >= 0.3 is 11.9 Å². The van der Waals surface area contributed by atoms with Gasteiger partial charge in [0.25, 0.3) is 0 Å². The van der Waals surface area contributed by atoms with E-state index < -0.39 is 11.9 Å². The number of rotatable bonds is 4. The average Bonchev–Trinajstić information content (AvgIpc) is 2.78. The lowest BCUT2D eigenvalue weighted by Crippen LogP contribution is -2.50. The number of nitrogens with zero attached hydrogens (tertiary/aromatic N) is 4. The third-order valence-corrected chi connectivity index (χ3v) is 4.85. The number of carbonyl (C=O) groups is 2. The number of nitrogens with one attached hydrogen (secondary N) is 1. The zero-order valence-electron chi connectivity index (χ0n) is 16.1. The standard InChI is InChI=1S/C19H21N5O4S/c1-27-16(25)13-4-5-14(17(26)28-2)15(12-13)22-19(29)24-10-8-23(9-11-24)18-20-6-3-7-21-18/h3-7,12H,8-11H2,1-2H3,(H,22,29). The SMILES string of the molecule is COC(=O)c1ccc(C(=O)OC)c(NC(=S)N2CCN(c3ncccn3)CC2)c1. The predicted molar refractivity (Wildman–Crippen MR) is 111 cm³/mol. The number of esters is 2. The molecule has 9 nitrogen and oxygen atoms in total. The van der Waals surface area contributed by atoms with Crippen molar-refractivity contribution in [3.8, 4) is 0 Å². The van der Waals surface area contributed by atoms with Crippen molar-refractivity contribution in [1.29, 1.82) is 0 Å². The summed E-state index contributed by atoms with van der Waals surface area (Å²) in [6.45, 7) is 2.73. The highest BCUT2D eigenvalue weighted by Crippen LogP contribution is 2.21. The molecule has 0 bridgehead atoms. The van der Waals surface area contributed by atoms with Crippen LogP contribution in [0.5, 0.6) is 0 Å². The van der Waals surface area contributed by atoms with Crippen LogP contribution in [0, 0.1) is 0 Å². The van der Waals surface area contributed by atoms with Crippen LogP contribution in [0.15, 0.2) is 36.7 Å². The summed E-state index contributed by atoms with van der Waals surface area (Å²) < 4.78 is 9.57. The lowest BCUT2D eigenvalue weighted by Gasteiger charge is -2.36. The second-order valence-corrected chi connectivity index (χ2v) is 6.58. The molecule has 0 amide bonds. The fraction of sp³-hybridized carbons (Fsp3) is 0.316. The average molecular weight is 415 g/mol. The fourth-order valence-electron chi connectivity index (χ4n) is 2.94. The third-order valence-electron chi connectivity index (χ3n) is 4.49. The Morgan fingerprint density at radius 3 is 2.31 bits per heavy atom. The van der Waals surface area contributed by atoms with E-state index in [0.29, 0.717) is 48.5 Å². The van der Waals surface area contributed by atoms with Crippen molar-refractivity contribution >= 4 is 40.9 Å². The molecule has 29 heavy (non-hydrogen) atoms. The van der Waals surface area contributed by atoms with Gasteiger partial charge in [-0.1, -0.05) is 0 Å². The van der Waals surface area contributed by atoms with E-state index in [-0.39, 0.29) is 5.56 Å². The smallest absolute Gasteiger partial charge is 0.339 e. The number of ether oxygens (including phenoxy) is 2. The van der Waals surface area contributed by atoms with Gasteiger partial charge in [-0.2, -0.15) is 0 Å². The van der Waals surface area contributed by atoms with Gasteiger partial charge in [-0.3, -0.25) is 0 Å². The summed E-state index contributed by atoms with van der Waals surface area (Å²) in [5, 5.41) is 3.52. The summed E-state index contributed by atoms with van der Waals surface area (Å²) in [7, 11) is 2.59. The largest absolute Gasteiger partial charge is 0.465 e. The topological polar surface area (TPSA) is 96.9 Å². The molecule has 1 fully saturated rings. The number of thiocarbonyl (C=S) groups is 1. The van der Waals surface area contributed by atoms with Gasteiger partial charge < -0.3 is 24.6 Å². The summed E-state index contributed by atoms with van der Waals surface area (Å²) in [5.74, 6) is -0.352. The third kappa shape index (κ3) is 4.77. The van der Waals surface area contributed by atoms with Crippen molar-refractivity contribution in [2.75, 3.05) is 50.6 Å². The van der Waals surface area contributed by atoms with Crippen LogP contribution in [-0.4, -0.2) is 72.3 Å². The number of methoxy groups -OCH3 is 2. The Hall–Kier alpha value is -3.27. The lowest BCUT2D eigenvalue weighted by molar-refractivity contribution is 0.0587. The number of hydrogen-bond donors (Lipinski definition) is 1. The highest BCUT2D eigenvalue weighted by Gasteiger charge is 2.22. The molecular formula is C19H21N5O4S. The molecule has 1 aliphatic rings. The highest BCUT2D eigenvalue weighted by molar-refractivity contribution is 7.80. The maximum absolute atomic E-state index is 12.1. The quantitative estimate of drug-likeness (QED) is 0.585. The van der Waals surface area contributed by atoms with Crippen LogP contribution in [0.25, 0.3) is 0 Å². The van der Waals surface area contributed by atoms with Gasteiger partial charge in [0.05, 0.1) is 31.0 Å². The van der Waals surface area contributed by atoms with E-state index >= 15 is 0 Å². The minimum Gasteiger partial charge on any atom is -0.465 e. The first-order chi connectivity index (χ1) is 14.0. The maximum Gasteiger partial charge on any atom is 0.339 e. The molecule has 0 atom stereocenters. The number of carbonyl (C=O) groups excluding carboxylic acids is 2. The van der Waals surface area contributed by atoms with Crippen LogP contribution in [0.4, 0.5) is 11.6 Å². The zero-order valence-corrected chi connectivity index (χ0v) is 16.9. The predicted octanol–water partition coefficient (Wildman–Crippen LogP) is 1.57. The Morgan fingerprint density at radius 2 is 1.69 bits per heavy atom. The number of benzene rings is 1. The van der Waals surface area contributed by atoms with E-state index in [2.05, 4.69) is 20.2 Å². The molecule has 152 valence electrons. The molecule has 1 saturated heterocycles. The Labute approximate surface area is 173 Å². The van der Waals surface area contributed by atoms with Crippen LogP contribution in [0.2, 0.25) is 0 Å². The van der Waals surface area contributed by atoms with Crippen molar-refractivity contribution < 1.29 is 19.1 Å². The fourth-order valence-corrected chi connectivity index (χ4v) is 3.23. The molecule has 1 aromatic carbocycles. The van der Waals surface area contributed by atoms with Crippen LogP contribution < -0.4 is 10.2 Å². The normalized spacial score (nSPS) is 13.6. The van der Waals surface area contributed by atoms with E-state index in [1.165, 1.54) is 32.4 Å². The molecule has 2 heterocycles. The minimum atomic E-state index is -0.530. The molecule has 10 heteroatoms. The monoisotopic (exact) mass is 415 g/mol. The molecule has 0 unspecified atom stereocenters. The Balaban J connectivity index is 1.71. The van der Waals surface area contributed by atoms with Gasteiger partial charge in [-0.05, 0) is 36.5 Å². The second kappa shape index (κ2) is 9.28. The summed E-state index contributed by atoms with van der Waals surface area (Å²) in [4.78, 5) is 36.5. The van der Waals surface area contributed by atoms with Gasteiger partial charge in [-0.15, -0.1) is 0 Å². The Bertz CT molecular complexity index is 901. The summed E-state index contributed by atoms with van der Waals surface area (Å²) in [5.41, 5.74) is 0.967. The van der Waals surface area contributed by atoms with Gasteiger partial charge in [0.1, 0.15) is 0 Å². The molecule has 0 spiro atoms. The molecule has 0 aliphatic carbocycles. The van der Waals surface area contributed by atoms with Crippen LogP contribution in [-0.2, 0) is 9.47 Å². The van der Waals surface area contributed by atoms with E-state index in [1.54, 1.807) is 18.5 Å². The van der Waals surface area contributed by atoms with E-state index in [4.69, 9.17) is 21.7 Å². The van der Waals surface area contributed by atoms with Crippen LogP contribution >= 0.6 is 12.2 Å². The first-order valence-corrected chi connectivity index (χ1v) is 9.33. The van der Waals surface area contributed by atoms with E-state index in [0.717, 1.165) is 0 Å². The second-order valence-electron chi connectivity index (χ2n) is 6.20. The summed E-state index contributed by atoms with van der Waals surface area (Å²) in [6, 6.07) is 6.32. The maximum atomic E-state index is 12.1. The first-order valence-electron chi connectivity index (χ1n) is 8.92. The summed E-state index contributed by atoms with van der Waals surface area (Å²) in [6.07, 6.45) is 3.42. The minimum absolute atomic E-state index is 0.277.